The quantitative estimate of drug-likeness (QED) is 0.267. The summed E-state index contributed by atoms with van der Waals surface area (Å²) in [5.74, 6) is 1.04. The number of hydrogen-bond acceptors (Lipinski definition) is 8. The fourth-order valence-corrected chi connectivity index (χ4v) is 7.12. The molecule has 0 fully saturated rings. The van der Waals surface area contributed by atoms with Crippen molar-refractivity contribution in [2.24, 2.45) is 5.50 Å². The van der Waals surface area contributed by atoms with Crippen LogP contribution in [-0.2, 0) is 18.5 Å². The predicted octanol–water partition coefficient (Wildman–Crippen LogP) is 6.71. The molecule has 0 saturated heterocycles. The summed E-state index contributed by atoms with van der Waals surface area (Å²) < 4.78 is 27.6. The van der Waals surface area contributed by atoms with E-state index in [0.717, 1.165) is 9.79 Å². The van der Waals surface area contributed by atoms with Gasteiger partial charge in [0.2, 0.25) is 0 Å². The van der Waals surface area contributed by atoms with Crippen molar-refractivity contribution in [1.29, 1.82) is 0 Å². The van der Waals surface area contributed by atoms with E-state index in [4.69, 9.17) is 40.4 Å². The zero-order valence-electron chi connectivity index (χ0n) is 21.0. The first-order valence-electron chi connectivity index (χ1n) is 10.7. The minimum atomic E-state index is -4.59. The van der Waals surface area contributed by atoms with Crippen LogP contribution in [0.2, 0.25) is 5.02 Å². The molecular formula is C24H35ClNO6PS. The number of rotatable bonds is 10. The molecule has 7 nitrogen and oxygen atoms in total. The van der Waals surface area contributed by atoms with Gasteiger partial charge in [0.15, 0.2) is 0 Å². The maximum atomic E-state index is 13.2. The van der Waals surface area contributed by atoms with Gasteiger partial charge in [-0.2, -0.15) is 0 Å². The molecule has 0 spiro atoms. The van der Waals surface area contributed by atoms with Gasteiger partial charge < -0.3 is 0 Å². The molecule has 2 aromatic rings. The van der Waals surface area contributed by atoms with E-state index in [0.29, 0.717) is 11.7 Å². The Hall–Kier alpha value is -1.38. The van der Waals surface area contributed by atoms with E-state index in [-0.39, 0.29) is 17.1 Å². The molecule has 0 aliphatic heterocycles. The molecule has 34 heavy (non-hydrogen) atoms. The normalized spacial score (nSPS) is 13.4. The van der Waals surface area contributed by atoms with Crippen LogP contribution in [0.4, 0.5) is 4.79 Å². The van der Waals surface area contributed by atoms with Crippen LogP contribution in [0.5, 0.6) is 5.75 Å². The average Bonchev–Trinajstić information content (AvgIpc) is 2.76. The van der Waals surface area contributed by atoms with Gasteiger partial charge in [0.05, 0.1) is 0 Å². The Morgan fingerprint density at radius 2 is 1.74 bits per heavy atom. The van der Waals surface area contributed by atoms with Gasteiger partial charge in [-0.3, -0.25) is 0 Å². The monoisotopic (exact) mass is 531 g/mol. The summed E-state index contributed by atoms with van der Waals surface area (Å²) in [7, 11) is -0.377. The van der Waals surface area contributed by atoms with Gasteiger partial charge in [0.1, 0.15) is 0 Å². The Bertz CT molecular complexity index is 1020. The van der Waals surface area contributed by atoms with E-state index in [1.165, 1.54) is 31.5 Å². The number of methoxy groups -OCH3 is 1. The van der Waals surface area contributed by atoms with Gasteiger partial charge in [-0.25, -0.2) is 0 Å². The Morgan fingerprint density at radius 1 is 1.09 bits per heavy atom. The Kier molecular flexibility index (Phi) is 9.44. The van der Waals surface area contributed by atoms with Crippen molar-refractivity contribution < 1.29 is 28.1 Å². The first-order valence-corrected chi connectivity index (χ1v) is 14.0. The third-order valence-electron chi connectivity index (χ3n) is 5.03. The molecule has 2 N–H and O–H groups in total. The average molecular weight is 532 g/mol. The Morgan fingerprint density at radius 3 is 2.24 bits per heavy atom. The number of hydrogen-bond donors (Lipinski definition) is 1. The summed E-state index contributed by atoms with van der Waals surface area (Å²) in [6.07, 6.45) is 0. The van der Waals surface area contributed by atoms with Gasteiger partial charge in [-0.1, -0.05) is 0 Å². The second-order valence-corrected chi connectivity index (χ2v) is 14.1. The zero-order chi connectivity index (χ0) is 25.8. The molecular weight excluding hydrogens is 497 g/mol. The van der Waals surface area contributed by atoms with Crippen LogP contribution in [0, 0.1) is 0 Å². The molecule has 2 aromatic carbocycles. The molecule has 0 radical (unpaired) electrons. The third kappa shape index (κ3) is 6.24. The molecule has 0 aromatic heterocycles. The van der Waals surface area contributed by atoms with Gasteiger partial charge in [0.25, 0.3) is 0 Å². The number of benzene rings is 2. The van der Waals surface area contributed by atoms with Crippen LogP contribution in [0.3, 0.4) is 0 Å². The minimum absolute atomic E-state index is 0.133. The van der Waals surface area contributed by atoms with Gasteiger partial charge in [0, 0.05) is 0 Å². The summed E-state index contributed by atoms with van der Waals surface area (Å²) in [4.78, 5) is 14.9. The molecule has 0 unspecified atom stereocenters. The van der Waals surface area contributed by atoms with Crippen molar-refractivity contribution in [1.82, 2.24) is 0 Å². The number of nitrogens with two attached hydrogens (primary N) is 1. The molecule has 0 heterocycles. The summed E-state index contributed by atoms with van der Waals surface area (Å²) >= 11 is 8.14. The number of carbonyl (C=O) groups excluding carboxylic acids is 1. The molecule has 0 aliphatic carbocycles. The van der Waals surface area contributed by atoms with Crippen molar-refractivity contribution in [2.45, 2.75) is 55.9 Å². The first-order chi connectivity index (χ1) is 15.8. The van der Waals surface area contributed by atoms with Gasteiger partial charge in [-0.15, -0.1) is 0 Å². The number of halogens is 1. The SMILES string of the molecule is COCOc1ccc(C(C)C)cc1Sc1ccc(P(N)(OC)(OC)C(=O)OC(C)(C)C)c(Cl)c1. The summed E-state index contributed by atoms with van der Waals surface area (Å²) in [5, 5.41) is 0.488. The molecule has 190 valence electrons. The van der Waals surface area contributed by atoms with Crippen molar-refractivity contribution >= 4 is 41.6 Å². The second kappa shape index (κ2) is 11.1. The van der Waals surface area contributed by atoms with Crippen LogP contribution in [0.1, 0.15) is 46.1 Å². The topological polar surface area (TPSA) is 89.2 Å². The van der Waals surface area contributed by atoms with E-state index in [1.54, 1.807) is 40.0 Å². The van der Waals surface area contributed by atoms with E-state index < -0.39 is 18.5 Å². The summed E-state index contributed by atoms with van der Waals surface area (Å²) in [6.45, 7) is 9.62. The summed E-state index contributed by atoms with van der Waals surface area (Å²) in [5.41, 5.74) is 6.21. The fourth-order valence-electron chi connectivity index (χ4n) is 3.09. The second-order valence-electron chi connectivity index (χ2n) is 8.99. The van der Waals surface area contributed by atoms with E-state index in [9.17, 15) is 4.79 Å². The van der Waals surface area contributed by atoms with Crippen molar-refractivity contribution in [2.75, 3.05) is 28.1 Å². The molecule has 0 amide bonds. The molecule has 10 heteroatoms. The van der Waals surface area contributed by atoms with Crippen molar-refractivity contribution in [3.63, 3.8) is 0 Å². The zero-order valence-corrected chi connectivity index (χ0v) is 23.5. The standard InChI is InChI=1S/C24H35ClNO6PS/c1-16(2)17-9-11-20(31-15-28-6)22(13-17)34-18-10-12-21(19(25)14-18)33(26,29-7,30-8)23(27)32-24(3,4)5/h9-14,16H,15,26H2,1-8H3. The molecule has 0 aliphatic rings. The van der Waals surface area contributed by atoms with E-state index in [2.05, 4.69) is 19.9 Å². The first kappa shape index (κ1) is 28.9. The van der Waals surface area contributed by atoms with E-state index in [1.807, 2.05) is 18.2 Å². The Balaban J connectivity index is 2.50. The number of carbonyl (C=O) groups is 1. The van der Waals surface area contributed by atoms with Gasteiger partial charge >= 0.3 is 212 Å². The predicted molar refractivity (Wildman–Crippen MR) is 140 cm³/mol. The van der Waals surface area contributed by atoms with Crippen LogP contribution in [0.25, 0.3) is 0 Å². The van der Waals surface area contributed by atoms with Crippen LogP contribution in [0.15, 0.2) is 46.2 Å². The van der Waals surface area contributed by atoms with Crippen molar-refractivity contribution in [3.8, 4) is 5.75 Å². The third-order valence-corrected chi connectivity index (χ3v) is 10.0. The van der Waals surface area contributed by atoms with Crippen LogP contribution < -0.4 is 15.5 Å². The summed E-state index contributed by atoms with van der Waals surface area (Å²) in [6, 6.07) is 11.2. The van der Waals surface area contributed by atoms with Gasteiger partial charge in [-0.05, 0) is 0 Å². The maximum absolute atomic E-state index is 13.2. The van der Waals surface area contributed by atoms with Crippen LogP contribution in [-0.4, -0.2) is 39.4 Å². The molecule has 2 rings (SSSR count). The molecule has 0 atom stereocenters. The number of ether oxygens (including phenoxy) is 3. The van der Waals surface area contributed by atoms with E-state index >= 15 is 0 Å². The fraction of sp³-hybridized carbons (Fsp3) is 0.458. The molecule has 0 bridgehead atoms. The Labute approximate surface area is 211 Å². The van der Waals surface area contributed by atoms with Crippen LogP contribution >= 0.6 is 30.6 Å². The molecule has 0 saturated carbocycles. The van der Waals surface area contributed by atoms with Crippen molar-refractivity contribution in [3.05, 3.63) is 47.0 Å².